The van der Waals surface area contributed by atoms with Crippen LogP contribution in [0.2, 0.25) is 0 Å². The molecule has 2 rings (SSSR count). The van der Waals surface area contributed by atoms with E-state index in [2.05, 4.69) is 10.3 Å². The molecule has 0 spiro atoms. The highest BCUT2D eigenvalue weighted by atomic mass is 16.6. The Morgan fingerprint density at radius 1 is 1.27 bits per heavy atom. The summed E-state index contributed by atoms with van der Waals surface area (Å²) < 4.78 is 10.4. The fourth-order valence-corrected chi connectivity index (χ4v) is 2.05. The molecule has 2 aromatic rings. The maximum atomic E-state index is 12.3. The van der Waals surface area contributed by atoms with E-state index in [0.29, 0.717) is 6.61 Å². The van der Waals surface area contributed by atoms with Crippen LogP contribution in [0.5, 0.6) is 5.88 Å². The van der Waals surface area contributed by atoms with Gasteiger partial charge in [0.15, 0.2) is 6.10 Å². The molecule has 1 unspecified atom stereocenters. The van der Waals surface area contributed by atoms with Crippen molar-refractivity contribution >= 4 is 23.3 Å². The normalized spacial score (nSPS) is 11.3. The number of nitro benzene ring substituents is 1. The minimum atomic E-state index is -1.18. The number of carbonyl (C=O) groups excluding carboxylic acids is 2. The van der Waals surface area contributed by atoms with Crippen molar-refractivity contribution in [1.29, 1.82) is 0 Å². The smallest absolute Gasteiger partial charge is 0.344 e. The number of hydrogen-bond acceptors (Lipinski definition) is 7. The van der Waals surface area contributed by atoms with E-state index in [0.717, 1.165) is 0 Å². The average molecular weight is 359 g/mol. The maximum absolute atomic E-state index is 12.3. The third-order valence-electron chi connectivity index (χ3n) is 3.28. The molecule has 0 bridgehead atoms. The zero-order valence-electron chi connectivity index (χ0n) is 14.2. The van der Waals surface area contributed by atoms with Gasteiger partial charge in [-0.05, 0) is 32.0 Å². The van der Waals surface area contributed by atoms with E-state index in [-0.39, 0.29) is 22.8 Å². The summed E-state index contributed by atoms with van der Waals surface area (Å²) in [5.74, 6) is -1.38. The van der Waals surface area contributed by atoms with Gasteiger partial charge in [0.1, 0.15) is 11.3 Å². The number of rotatable bonds is 7. The molecule has 1 aromatic carbocycles. The van der Waals surface area contributed by atoms with Gasteiger partial charge in [0.2, 0.25) is 5.88 Å². The molecule has 1 heterocycles. The Labute approximate surface area is 149 Å². The highest BCUT2D eigenvalue weighted by Crippen LogP contribution is 2.23. The van der Waals surface area contributed by atoms with Gasteiger partial charge in [0.25, 0.3) is 11.6 Å². The third-order valence-corrected chi connectivity index (χ3v) is 3.28. The van der Waals surface area contributed by atoms with Crippen LogP contribution in [0, 0.1) is 10.1 Å². The largest absolute Gasteiger partial charge is 0.477 e. The highest BCUT2D eigenvalue weighted by molar-refractivity contribution is 5.99. The Morgan fingerprint density at radius 2 is 2.00 bits per heavy atom. The number of amides is 1. The summed E-state index contributed by atoms with van der Waals surface area (Å²) in [6.45, 7) is 3.41. The van der Waals surface area contributed by atoms with Crippen molar-refractivity contribution in [3.8, 4) is 5.88 Å². The van der Waals surface area contributed by atoms with Gasteiger partial charge in [-0.15, -0.1) is 0 Å². The fourth-order valence-electron chi connectivity index (χ4n) is 2.05. The van der Waals surface area contributed by atoms with Crippen LogP contribution >= 0.6 is 0 Å². The van der Waals surface area contributed by atoms with Gasteiger partial charge in [0, 0.05) is 12.3 Å². The molecule has 26 heavy (non-hydrogen) atoms. The van der Waals surface area contributed by atoms with E-state index in [1.807, 2.05) is 0 Å². The standard InChI is InChI=1S/C17H17N3O6/c1-3-25-16-12(7-6-10-18-16)17(22)26-11(2)15(21)19-13-8-4-5-9-14(13)20(23)24/h4-11H,3H2,1-2H3,(H,19,21). The first-order chi connectivity index (χ1) is 12.4. The summed E-state index contributed by atoms with van der Waals surface area (Å²) in [6, 6.07) is 8.68. The van der Waals surface area contributed by atoms with Gasteiger partial charge in [-0.2, -0.15) is 0 Å². The van der Waals surface area contributed by atoms with Gasteiger partial charge in [-0.25, -0.2) is 9.78 Å². The van der Waals surface area contributed by atoms with Gasteiger partial charge in [-0.1, -0.05) is 12.1 Å². The molecule has 9 nitrogen and oxygen atoms in total. The number of anilines is 1. The molecule has 0 aliphatic heterocycles. The van der Waals surface area contributed by atoms with E-state index in [1.54, 1.807) is 13.0 Å². The van der Waals surface area contributed by atoms with Crippen LogP contribution in [-0.2, 0) is 9.53 Å². The quantitative estimate of drug-likeness (QED) is 0.458. The molecule has 0 saturated carbocycles. The molecular formula is C17H17N3O6. The summed E-state index contributed by atoms with van der Waals surface area (Å²) in [7, 11) is 0. The summed E-state index contributed by atoms with van der Waals surface area (Å²) in [4.78, 5) is 38.8. The topological polar surface area (TPSA) is 121 Å². The molecule has 1 N–H and O–H groups in total. The molecular weight excluding hydrogens is 342 g/mol. The zero-order chi connectivity index (χ0) is 19.1. The van der Waals surface area contributed by atoms with Crippen LogP contribution in [0.1, 0.15) is 24.2 Å². The molecule has 1 aromatic heterocycles. The molecule has 1 atom stereocenters. The number of carbonyl (C=O) groups is 2. The molecule has 9 heteroatoms. The molecule has 1 amide bonds. The van der Waals surface area contributed by atoms with E-state index >= 15 is 0 Å². The lowest BCUT2D eigenvalue weighted by Gasteiger charge is -2.14. The molecule has 0 aliphatic carbocycles. The monoisotopic (exact) mass is 359 g/mol. The second-order valence-electron chi connectivity index (χ2n) is 5.10. The fraction of sp³-hybridized carbons (Fsp3) is 0.235. The number of para-hydroxylation sites is 2. The zero-order valence-corrected chi connectivity index (χ0v) is 14.2. The number of ether oxygens (including phenoxy) is 2. The second kappa shape index (κ2) is 8.56. The van der Waals surface area contributed by atoms with Crippen LogP contribution in [0.4, 0.5) is 11.4 Å². The number of pyridine rings is 1. The van der Waals surface area contributed by atoms with Gasteiger partial charge >= 0.3 is 5.97 Å². The Balaban J connectivity index is 2.08. The molecule has 0 saturated heterocycles. The second-order valence-corrected chi connectivity index (χ2v) is 5.10. The van der Waals surface area contributed by atoms with Gasteiger partial charge < -0.3 is 14.8 Å². The average Bonchev–Trinajstić information content (AvgIpc) is 2.62. The van der Waals surface area contributed by atoms with Crippen LogP contribution in [0.3, 0.4) is 0 Å². The highest BCUT2D eigenvalue weighted by Gasteiger charge is 2.24. The molecule has 0 aliphatic rings. The van der Waals surface area contributed by atoms with Crippen molar-refractivity contribution in [2.24, 2.45) is 0 Å². The van der Waals surface area contributed by atoms with E-state index in [1.165, 1.54) is 43.5 Å². The summed E-state index contributed by atoms with van der Waals surface area (Å²) in [5.41, 5.74) is -0.160. The number of aromatic nitrogens is 1. The number of benzene rings is 1. The van der Waals surface area contributed by atoms with E-state index in [4.69, 9.17) is 9.47 Å². The predicted octanol–water partition coefficient (Wildman–Crippen LogP) is 2.57. The first-order valence-corrected chi connectivity index (χ1v) is 7.77. The van der Waals surface area contributed by atoms with Gasteiger partial charge in [-0.3, -0.25) is 14.9 Å². The van der Waals surface area contributed by atoms with E-state index in [9.17, 15) is 19.7 Å². The van der Waals surface area contributed by atoms with E-state index < -0.39 is 22.9 Å². The Bertz CT molecular complexity index is 824. The molecule has 136 valence electrons. The lowest BCUT2D eigenvalue weighted by Crippen LogP contribution is -2.30. The SMILES string of the molecule is CCOc1ncccc1C(=O)OC(C)C(=O)Nc1ccccc1[N+](=O)[O-]. The van der Waals surface area contributed by atoms with Crippen LogP contribution in [-0.4, -0.2) is 34.5 Å². The summed E-state index contributed by atoms with van der Waals surface area (Å²) in [5, 5.41) is 13.4. The lowest BCUT2D eigenvalue weighted by molar-refractivity contribution is -0.383. The number of nitrogens with one attached hydrogen (secondary N) is 1. The number of hydrogen-bond donors (Lipinski definition) is 1. The Hall–Kier alpha value is -3.49. The lowest BCUT2D eigenvalue weighted by atomic mass is 10.2. The number of nitro groups is 1. The molecule has 0 radical (unpaired) electrons. The Kier molecular flexibility index (Phi) is 6.20. The summed E-state index contributed by atoms with van der Waals surface area (Å²) >= 11 is 0. The first-order valence-electron chi connectivity index (χ1n) is 7.77. The predicted molar refractivity (Wildman–Crippen MR) is 92.0 cm³/mol. The van der Waals surface area contributed by atoms with Crippen molar-refractivity contribution in [3.05, 3.63) is 58.3 Å². The van der Waals surface area contributed by atoms with Crippen molar-refractivity contribution < 1.29 is 24.0 Å². The minimum Gasteiger partial charge on any atom is -0.477 e. The number of esters is 1. The van der Waals surface area contributed by atoms with Crippen LogP contribution in [0.15, 0.2) is 42.6 Å². The Morgan fingerprint density at radius 3 is 2.69 bits per heavy atom. The maximum Gasteiger partial charge on any atom is 0.344 e. The van der Waals surface area contributed by atoms with Gasteiger partial charge in [0.05, 0.1) is 11.5 Å². The molecule has 0 fully saturated rings. The van der Waals surface area contributed by atoms with Crippen molar-refractivity contribution in [2.75, 3.05) is 11.9 Å². The van der Waals surface area contributed by atoms with Crippen LogP contribution in [0.25, 0.3) is 0 Å². The summed E-state index contributed by atoms with van der Waals surface area (Å²) in [6.07, 6.45) is 0.281. The van der Waals surface area contributed by atoms with Crippen LogP contribution < -0.4 is 10.1 Å². The minimum absolute atomic E-state index is 0.0155. The van der Waals surface area contributed by atoms with Crippen molar-refractivity contribution in [2.45, 2.75) is 20.0 Å². The van der Waals surface area contributed by atoms with Crippen molar-refractivity contribution in [3.63, 3.8) is 0 Å². The third kappa shape index (κ3) is 4.53. The first kappa shape index (κ1) is 18.8. The van der Waals surface area contributed by atoms with Crippen molar-refractivity contribution in [1.82, 2.24) is 4.98 Å². The number of nitrogens with zero attached hydrogens (tertiary/aromatic N) is 2.